The first-order valence-corrected chi connectivity index (χ1v) is 10.5. The maximum Gasteiger partial charge on any atom is 0.242 e. The van der Waals surface area contributed by atoms with Crippen LogP contribution in [0, 0.1) is 0 Å². The number of sulfonamides is 1. The minimum absolute atomic E-state index is 0.0274. The Kier molecular flexibility index (Phi) is 4.76. The summed E-state index contributed by atoms with van der Waals surface area (Å²) in [6, 6.07) is 10.7. The van der Waals surface area contributed by atoms with Gasteiger partial charge in [-0.25, -0.2) is 12.7 Å². The van der Waals surface area contributed by atoms with E-state index in [4.69, 9.17) is 9.47 Å². The van der Waals surface area contributed by atoms with Crippen LogP contribution < -0.4 is 14.4 Å². The molecular formula is C20H22N2O5S. The first-order chi connectivity index (χ1) is 13.4. The van der Waals surface area contributed by atoms with Crippen molar-refractivity contribution in [2.24, 2.45) is 0 Å². The Morgan fingerprint density at radius 2 is 1.89 bits per heavy atom. The average molecular weight is 402 g/mol. The Labute approximate surface area is 164 Å². The van der Waals surface area contributed by atoms with Gasteiger partial charge in [0.05, 0.1) is 4.90 Å². The van der Waals surface area contributed by atoms with Crippen molar-refractivity contribution in [2.75, 3.05) is 32.3 Å². The summed E-state index contributed by atoms with van der Waals surface area (Å²) in [6.07, 6.45) is 1.63. The van der Waals surface area contributed by atoms with Crippen LogP contribution in [-0.4, -0.2) is 46.1 Å². The van der Waals surface area contributed by atoms with E-state index in [1.807, 2.05) is 18.2 Å². The second kappa shape index (κ2) is 7.10. The predicted molar refractivity (Wildman–Crippen MR) is 104 cm³/mol. The highest BCUT2D eigenvalue weighted by atomic mass is 32.2. The smallest absolute Gasteiger partial charge is 0.242 e. The number of aryl methyl sites for hydroxylation is 1. The van der Waals surface area contributed by atoms with Gasteiger partial charge in [0.15, 0.2) is 11.5 Å². The van der Waals surface area contributed by atoms with Gasteiger partial charge in [-0.15, -0.1) is 0 Å². The van der Waals surface area contributed by atoms with E-state index in [9.17, 15) is 13.2 Å². The maximum atomic E-state index is 12.7. The first-order valence-electron chi connectivity index (χ1n) is 9.10. The van der Waals surface area contributed by atoms with Crippen molar-refractivity contribution in [3.63, 3.8) is 0 Å². The zero-order chi connectivity index (χ0) is 19.9. The molecule has 28 heavy (non-hydrogen) atoms. The highest BCUT2D eigenvalue weighted by Crippen LogP contribution is 2.34. The molecule has 0 aliphatic carbocycles. The molecule has 0 saturated heterocycles. The quantitative estimate of drug-likeness (QED) is 0.766. The molecule has 0 N–H and O–H groups in total. The van der Waals surface area contributed by atoms with Gasteiger partial charge in [0.25, 0.3) is 0 Å². The van der Waals surface area contributed by atoms with Crippen LogP contribution in [0.5, 0.6) is 11.5 Å². The number of nitrogens with zero attached hydrogens (tertiary/aromatic N) is 2. The van der Waals surface area contributed by atoms with Crippen LogP contribution in [0.2, 0.25) is 0 Å². The Hall–Kier alpha value is -2.58. The number of carbonyl (C=O) groups is 1. The summed E-state index contributed by atoms with van der Waals surface area (Å²) in [4.78, 5) is 14.7. The summed E-state index contributed by atoms with van der Waals surface area (Å²) in [5, 5.41) is 0. The van der Waals surface area contributed by atoms with Gasteiger partial charge in [-0.3, -0.25) is 4.79 Å². The largest absolute Gasteiger partial charge is 0.454 e. The molecular weight excluding hydrogens is 380 g/mol. The van der Waals surface area contributed by atoms with Gasteiger partial charge in [0, 0.05) is 32.7 Å². The number of fused-ring (bicyclic) bond motifs is 2. The van der Waals surface area contributed by atoms with Gasteiger partial charge in [-0.2, -0.15) is 0 Å². The van der Waals surface area contributed by atoms with E-state index in [0.29, 0.717) is 31.6 Å². The van der Waals surface area contributed by atoms with Crippen molar-refractivity contribution >= 4 is 21.6 Å². The van der Waals surface area contributed by atoms with Crippen LogP contribution >= 0.6 is 0 Å². The van der Waals surface area contributed by atoms with E-state index in [2.05, 4.69) is 0 Å². The Morgan fingerprint density at radius 1 is 1.11 bits per heavy atom. The molecule has 0 bridgehead atoms. The van der Waals surface area contributed by atoms with Gasteiger partial charge >= 0.3 is 0 Å². The molecule has 0 unspecified atom stereocenters. The lowest BCUT2D eigenvalue weighted by Gasteiger charge is -2.18. The van der Waals surface area contributed by atoms with Gasteiger partial charge < -0.3 is 14.4 Å². The fraction of sp³-hybridized carbons (Fsp3) is 0.350. The van der Waals surface area contributed by atoms with Crippen molar-refractivity contribution < 1.29 is 22.7 Å². The molecule has 148 valence electrons. The summed E-state index contributed by atoms with van der Waals surface area (Å²) in [5.74, 6) is 1.47. The second-order valence-corrected chi connectivity index (χ2v) is 9.21. The lowest BCUT2D eigenvalue weighted by Crippen LogP contribution is -2.29. The SMILES string of the molecule is CN(C)S(=O)(=O)c1ccc2c(c1)CCN2C(=O)CCc1ccc2c(c1)OCO2. The molecule has 2 aromatic carbocycles. The van der Waals surface area contributed by atoms with E-state index in [1.54, 1.807) is 23.1 Å². The van der Waals surface area contributed by atoms with E-state index < -0.39 is 10.0 Å². The molecule has 0 aromatic heterocycles. The molecule has 1 amide bonds. The lowest BCUT2D eigenvalue weighted by molar-refractivity contribution is -0.118. The molecule has 2 aliphatic heterocycles. The zero-order valence-electron chi connectivity index (χ0n) is 15.8. The van der Waals surface area contributed by atoms with Crippen molar-refractivity contribution in [3.05, 3.63) is 47.5 Å². The molecule has 7 nitrogen and oxygen atoms in total. The summed E-state index contributed by atoms with van der Waals surface area (Å²) in [6.45, 7) is 0.800. The standard InChI is InChI=1S/C20H22N2O5S/c1-21(2)28(24,25)16-5-6-17-15(12-16)9-10-22(17)20(23)8-4-14-3-7-18-19(11-14)27-13-26-18/h3,5-7,11-12H,4,8-10,13H2,1-2H3. The van der Waals surface area contributed by atoms with Gasteiger partial charge in [-0.1, -0.05) is 6.07 Å². The number of carbonyl (C=O) groups excluding carboxylic acids is 1. The van der Waals surface area contributed by atoms with Crippen LogP contribution in [0.15, 0.2) is 41.3 Å². The number of hydrogen-bond acceptors (Lipinski definition) is 5. The van der Waals surface area contributed by atoms with Gasteiger partial charge in [0.1, 0.15) is 0 Å². The summed E-state index contributed by atoms with van der Waals surface area (Å²) >= 11 is 0. The van der Waals surface area contributed by atoms with E-state index in [0.717, 1.165) is 22.6 Å². The van der Waals surface area contributed by atoms with Gasteiger partial charge in [-0.05, 0) is 54.3 Å². The van der Waals surface area contributed by atoms with Crippen molar-refractivity contribution in [2.45, 2.75) is 24.2 Å². The molecule has 0 atom stereocenters. The van der Waals surface area contributed by atoms with Crippen molar-refractivity contribution in [3.8, 4) is 11.5 Å². The number of anilines is 1. The summed E-state index contributed by atoms with van der Waals surface area (Å²) in [5.41, 5.74) is 2.71. The zero-order valence-corrected chi connectivity index (χ0v) is 16.7. The maximum absolute atomic E-state index is 12.7. The van der Waals surface area contributed by atoms with Crippen molar-refractivity contribution in [1.29, 1.82) is 0 Å². The van der Waals surface area contributed by atoms with Crippen LogP contribution in [0.25, 0.3) is 0 Å². The van der Waals surface area contributed by atoms with E-state index in [-0.39, 0.29) is 17.6 Å². The minimum Gasteiger partial charge on any atom is -0.454 e. The third-order valence-corrected chi connectivity index (χ3v) is 6.90. The lowest BCUT2D eigenvalue weighted by atomic mass is 10.1. The Morgan fingerprint density at radius 3 is 2.68 bits per heavy atom. The monoisotopic (exact) mass is 402 g/mol. The number of hydrogen-bond donors (Lipinski definition) is 0. The Bertz CT molecular complexity index is 1030. The first kappa shape index (κ1) is 18.8. The van der Waals surface area contributed by atoms with E-state index in [1.165, 1.54) is 18.4 Å². The summed E-state index contributed by atoms with van der Waals surface area (Å²) < 4.78 is 36.5. The average Bonchev–Trinajstić information content (AvgIpc) is 3.31. The van der Waals surface area contributed by atoms with Crippen molar-refractivity contribution in [1.82, 2.24) is 4.31 Å². The number of rotatable bonds is 5. The van der Waals surface area contributed by atoms with Crippen LogP contribution in [-0.2, 0) is 27.7 Å². The molecule has 2 aliphatic rings. The number of ether oxygens (including phenoxy) is 2. The molecule has 0 radical (unpaired) electrons. The molecule has 0 fully saturated rings. The van der Waals surface area contributed by atoms with E-state index >= 15 is 0 Å². The number of amides is 1. The number of benzene rings is 2. The van der Waals surface area contributed by atoms with Crippen LogP contribution in [0.1, 0.15) is 17.5 Å². The molecule has 2 aromatic rings. The highest BCUT2D eigenvalue weighted by molar-refractivity contribution is 7.89. The molecule has 4 rings (SSSR count). The minimum atomic E-state index is -3.48. The molecule has 0 spiro atoms. The second-order valence-electron chi connectivity index (χ2n) is 7.06. The molecule has 0 saturated carbocycles. The fourth-order valence-electron chi connectivity index (χ4n) is 3.49. The van der Waals surface area contributed by atoms with Crippen LogP contribution in [0.3, 0.4) is 0 Å². The highest BCUT2D eigenvalue weighted by Gasteiger charge is 2.27. The summed E-state index contributed by atoms with van der Waals surface area (Å²) in [7, 11) is -0.463. The Balaban J connectivity index is 1.46. The molecule has 2 heterocycles. The van der Waals surface area contributed by atoms with Gasteiger partial charge in [0.2, 0.25) is 22.7 Å². The normalized spacial score (nSPS) is 15.2. The third kappa shape index (κ3) is 3.33. The molecule has 8 heteroatoms. The fourth-order valence-corrected chi connectivity index (χ4v) is 4.44. The predicted octanol–water partition coefficient (Wildman–Crippen LogP) is 2.19. The topological polar surface area (TPSA) is 76.2 Å². The third-order valence-electron chi connectivity index (χ3n) is 5.09. The van der Waals surface area contributed by atoms with Crippen LogP contribution in [0.4, 0.5) is 5.69 Å².